The predicted octanol–water partition coefficient (Wildman–Crippen LogP) is 5.52. The quantitative estimate of drug-likeness (QED) is 0.368. The molecule has 1 aliphatic carbocycles. The molecule has 1 aromatic heterocycles. The van der Waals surface area contributed by atoms with Gasteiger partial charge in [0.05, 0.1) is 22.3 Å². The Kier molecular flexibility index (Phi) is 5.63. The largest absolute Gasteiger partial charge is 0.338 e. The summed E-state index contributed by atoms with van der Waals surface area (Å²) >= 11 is 1.37. The van der Waals surface area contributed by atoms with Crippen molar-refractivity contribution >= 4 is 28.6 Å². The Labute approximate surface area is 205 Å². The lowest BCUT2D eigenvalue weighted by atomic mass is 9.65. The number of amides is 1. The van der Waals surface area contributed by atoms with Crippen molar-refractivity contribution in [3.8, 4) is 5.69 Å². The van der Waals surface area contributed by atoms with E-state index in [9.17, 15) is 9.59 Å². The van der Waals surface area contributed by atoms with Crippen molar-refractivity contribution in [2.45, 2.75) is 65.1 Å². The molecule has 5 rings (SSSR count). The number of thioether (sulfide) groups is 1. The average molecular weight is 476 g/mol. The SMILES string of the molecule is Cc1ccc(-n2c(SCC(=O)N3CC4(C)CC3CC(C)(C)C4)nc3ccccc3c2=O)cc1C. The third-order valence-corrected chi connectivity index (χ3v) is 8.48. The smallest absolute Gasteiger partial charge is 0.266 e. The van der Waals surface area contributed by atoms with E-state index in [2.05, 4.69) is 32.6 Å². The number of para-hydroxylation sites is 1. The number of benzene rings is 2. The maximum absolute atomic E-state index is 13.5. The zero-order valence-corrected chi connectivity index (χ0v) is 21.5. The molecule has 1 amide bonds. The van der Waals surface area contributed by atoms with E-state index >= 15 is 0 Å². The minimum atomic E-state index is -0.102. The first-order valence-electron chi connectivity index (χ1n) is 12.1. The molecular weight excluding hydrogens is 442 g/mol. The van der Waals surface area contributed by atoms with Crippen LogP contribution in [-0.4, -0.2) is 38.7 Å². The molecule has 6 heteroatoms. The molecule has 2 heterocycles. The minimum absolute atomic E-state index is 0.102. The van der Waals surface area contributed by atoms with Crippen LogP contribution in [-0.2, 0) is 4.79 Å². The number of aromatic nitrogens is 2. The van der Waals surface area contributed by atoms with Crippen LogP contribution < -0.4 is 5.56 Å². The van der Waals surface area contributed by atoms with Gasteiger partial charge in [0.1, 0.15) is 0 Å². The van der Waals surface area contributed by atoms with E-state index in [0.29, 0.717) is 22.1 Å². The lowest BCUT2D eigenvalue weighted by molar-refractivity contribution is -0.129. The van der Waals surface area contributed by atoms with E-state index in [0.717, 1.165) is 37.1 Å². The summed E-state index contributed by atoms with van der Waals surface area (Å²) in [6, 6.07) is 13.7. The Morgan fingerprint density at radius 3 is 2.62 bits per heavy atom. The molecule has 2 bridgehead atoms. The monoisotopic (exact) mass is 475 g/mol. The fraction of sp³-hybridized carbons (Fsp3) is 0.464. The van der Waals surface area contributed by atoms with E-state index in [1.54, 1.807) is 4.57 Å². The molecule has 0 spiro atoms. The molecule has 3 aromatic rings. The summed E-state index contributed by atoms with van der Waals surface area (Å²) in [6.45, 7) is 11.9. The number of likely N-dealkylation sites (tertiary alicyclic amines) is 1. The third kappa shape index (κ3) is 4.17. The average Bonchev–Trinajstić information content (AvgIpc) is 3.03. The first kappa shape index (κ1) is 23.2. The molecule has 34 heavy (non-hydrogen) atoms. The van der Waals surface area contributed by atoms with Crippen molar-refractivity contribution in [1.29, 1.82) is 0 Å². The van der Waals surface area contributed by atoms with E-state index in [1.165, 1.54) is 17.3 Å². The molecule has 178 valence electrons. The van der Waals surface area contributed by atoms with Crippen LogP contribution in [0.4, 0.5) is 0 Å². The summed E-state index contributed by atoms with van der Waals surface area (Å²) in [5, 5.41) is 1.15. The first-order valence-corrected chi connectivity index (χ1v) is 13.1. The van der Waals surface area contributed by atoms with Crippen molar-refractivity contribution < 1.29 is 4.79 Å². The Morgan fingerprint density at radius 1 is 1.09 bits per heavy atom. The fourth-order valence-corrected chi connectivity index (χ4v) is 7.16. The van der Waals surface area contributed by atoms with Gasteiger partial charge in [0.15, 0.2) is 5.16 Å². The van der Waals surface area contributed by atoms with Crippen LogP contribution in [0.15, 0.2) is 52.4 Å². The number of rotatable bonds is 4. The van der Waals surface area contributed by atoms with Gasteiger partial charge < -0.3 is 4.90 Å². The molecule has 2 aromatic carbocycles. The highest BCUT2D eigenvalue weighted by Crippen LogP contribution is 2.52. The molecular formula is C28H33N3O2S. The maximum Gasteiger partial charge on any atom is 0.266 e. The molecule has 2 aliphatic rings. The third-order valence-electron chi connectivity index (χ3n) is 7.55. The lowest BCUT2D eigenvalue weighted by Crippen LogP contribution is -2.38. The summed E-state index contributed by atoms with van der Waals surface area (Å²) in [5.41, 5.74) is 4.10. The van der Waals surface area contributed by atoms with Crippen molar-refractivity contribution in [2.75, 3.05) is 12.3 Å². The van der Waals surface area contributed by atoms with Crippen molar-refractivity contribution in [3.05, 3.63) is 63.9 Å². The van der Waals surface area contributed by atoms with Gasteiger partial charge in [0.2, 0.25) is 5.91 Å². The molecule has 1 saturated heterocycles. The Morgan fingerprint density at radius 2 is 1.85 bits per heavy atom. The standard InChI is InChI=1S/C28H33N3O2S/c1-18-10-11-20(12-19(18)2)31-25(33)22-8-6-7-9-23(22)29-26(31)34-15-24(32)30-17-28(5)14-21(30)13-27(3,4)16-28/h6-12,21H,13-17H2,1-5H3. The first-order chi connectivity index (χ1) is 16.1. The van der Waals surface area contributed by atoms with E-state index in [-0.39, 0.29) is 28.0 Å². The van der Waals surface area contributed by atoms with Crippen molar-refractivity contribution in [2.24, 2.45) is 10.8 Å². The van der Waals surface area contributed by atoms with Gasteiger partial charge >= 0.3 is 0 Å². The Balaban J connectivity index is 1.47. The van der Waals surface area contributed by atoms with Gasteiger partial charge in [0.25, 0.3) is 5.56 Å². The number of carbonyl (C=O) groups excluding carboxylic acids is 1. The lowest BCUT2D eigenvalue weighted by Gasteiger charge is -2.39. The number of aryl methyl sites for hydroxylation is 2. The maximum atomic E-state index is 13.5. The molecule has 1 aliphatic heterocycles. The summed E-state index contributed by atoms with van der Waals surface area (Å²) < 4.78 is 1.67. The van der Waals surface area contributed by atoms with Gasteiger partial charge in [-0.15, -0.1) is 0 Å². The second kappa shape index (κ2) is 8.26. The summed E-state index contributed by atoms with van der Waals surface area (Å²) in [4.78, 5) is 33.8. The Hall–Kier alpha value is -2.60. The number of hydrogen-bond donors (Lipinski definition) is 0. The van der Waals surface area contributed by atoms with Gasteiger partial charge in [-0.05, 0) is 79.3 Å². The van der Waals surface area contributed by atoms with Crippen LogP contribution in [0.2, 0.25) is 0 Å². The fourth-order valence-electron chi connectivity index (χ4n) is 6.26. The molecule has 2 unspecified atom stereocenters. The normalized spacial score (nSPS) is 23.4. The number of fused-ring (bicyclic) bond motifs is 3. The highest BCUT2D eigenvalue weighted by molar-refractivity contribution is 7.99. The Bertz CT molecular complexity index is 1350. The topological polar surface area (TPSA) is 55.2 Å². The van der Waals surface area contributed by atoms with E-state index in [1.807, 2.05) is 49.4 Å². The summed E-state index contributed by atoms with van der Waals surface area (Å²) in [6.07, 6.45) is 3.31. The molecule has 0 radical (unpaired) electrons. The number of hydrogen-bond acceptors (Lipinski definition) is 4. The summed E-state index contributed by atoms with van der Waals surface area (Å²) in [5.74, 6) is 0.424. The van der Waals surface area contributed by atoms with Crippen LogP contribution in [0, 0.1) is 24.7 Å². The number of nitrogens with zero attached hydrogens (tertiary/aromatic N) is 3. The molecule has 2 fully saturated rings. The molecule has 1 saturated carbocycles. The number of carbonyl (C=O) groups is 1. The van der Waals surface area contributed by atoms with Crippen LogP contribution in [0.3, 0.4) is 0 Å². The van der Waals surface area contributed by atoms with Gasteiger partial charge in [0, 0.05) is 12.6 Å². The molecule has 2 atom stereocenters. The minimum Gasteiger partial charge on any atom is -0.338 e. The highest BCUT2D eigenvalue weighted by Gasteiger charge is 2.50. The van der Waals surface area contributed by atoms with Crippen LogP contribution in [0.1, 0.15) is 51.2 Å². The van der Waals surface area contributed by atoms with Gasteiger partial charge in [-0.25, -0.2) is 4.98 Å². The predicted molar refractivity (Wildman–Crippen MR) is 139 cm³/mol. The zero-order chi connectivity index (χ0) is 24.3. The van der Waals surface area contributed by atoms with Crippen molar-refractivity contribution in [1.82, 2.24) is 14.5 Å². The van der Waals surface area contributed by atoms with Gasteiger partial charge in [-0.1, -0.05) is 50.7 Å². The van der Waals surface area contributed by atoms with E-state index in [4.69, 9.17) is 4.98 Å². The van der Waals surface area contributed by atoms with Crippen LogP contribution in [0.25, 0.3) is 16.6 Å². The van der Waals surface area contributed by atoms with Gasteiger partial charge in [-0.3, -0.25) is 14.2 Å². The second-order valence-corrected chi connectivity index (χ2v) is 12.3. The van der Waals surface area contributed by atoms with Crippen LogP contribution >= 0.6 is 11.8 Å². The molecule has 5 nitrogen and oxygen atoms in total. The summed E-state index contributed by atoms with van der Waals surface area (Å²) in [7, 11) is 0. The van der Waals surface area contributed by atoms with E-state index < -0.39 is 0 Å². The second-order valence-electron chi connectivity index (χ2n) is 11.3. The van der Waals surface area contributed by atoms with Crippen molar-refractivity contribution in [3.63, 3.8) is 0 Å². The molecule has 0 N–H and O–H groups in total. The van der Waals surface area contributed by atoms with Crippen LogP contribution in [0.5, 0.6) is 0 Å². The highest BCUT2D eigenvalue weighted by atomic mass is 32.2. The van der Waals surface area contributed by atoms with Gasteiger partial charge in [-0.2, -0.15) is 0 Å². The zero-order valence-electron chi connectivity index (χ0n) is 20.7.